The summed E-state index contributed by atoms with van der Waals surface area (Å²) in [4.78, 5) is 50.8. The van der Waals surface area contributed by atoms with Crippen LogP contribution in [0.2, 0.25) is 0 Å². The molecule has 2 amide bonds. The summed E-state index contributed by atoms with van der Waals surface area (Å²) in [5.41, 5.74) is -0.875. The van der Waals surface area contributed by atoms with Crippen molar-refractivity contribution in [2.24, 2.45) is 0 Å². The summed E-state index contributed by atoms with van der Waals surface area (Å²) in [5, 5.41) is 36.6. The van der Waals surface area contributed by atoms with Crippen LogP contribution in [0, 0.1) is 13.0 Å². The first kappa shape index (κ1) is 27.5. The van der Waals surface area contributed by atoms with E-state index < -0.39 is 52.9 Å². The molecule has 0 bridgehead atoms. The molecule has 1 aliphatic rings. The predicted molar refractivity (Wildman–Crippen MR) is 138 cm³/mol. The minimum atomic E-state index is -1.35. The lowest BCUT2D eigenvalue weighted by Crippen LogP contribution is -2.43. The summed E-state index contributed by atoms with van der Waals surface area (Å²) in [5.74, 6) is -3.64. The Hall–Kier alpha value is -5.55. The number of fused-ring (bicyclic) bond motifs is 1. The van der Waals surface area contributed by atoms with E-state index in [9.17, 15) is 29.4 Å². The molecule has 1 aromatic heterocycles. The van der Waals surface area contributed by atoms with E-state index >= 15 is 0 Å². The Kier molecular flexibility index (Phi) is 7.87. The average Bonchev–Trinajstić information content (AvgIpc) is 2.93. The van der Waals surface area contributed by atoms with Crippen LogP contribution in [0.3, 0.4) is 0 Å². The van der Waals surface area contributed by atoms with E-state index in [-0.39, 0.29) is 40.3 Å². The zero-order chi connectivity index (χ0) is 29.0. The fourth-order valence-electron chi connectivity index (χ4n) is 3.95. The van der Waals surface area contributed by atoms with E-state index in [1.165, 1.54) is 50.6 Å². The molecule has 0 spiro atoms. The number of rotatable bonds is 9. The molecule has 1 aliphatic heterocycles. The van der Waals surface area contributed by atoms with Crippen LogP contribution >= 0.6 is 0 Å². The number of hydrogen-bond donors (Lipinski definition) is 6. The number of nitrogens with one attached hydrogen (secondary N) is 3. The van der Waals surface area contributed by atoms with Crippen LogP contribution in [0.25, 0.3) is 11.0 Å². The van der Waals surface area contributed by atoms with Gasteiger partial charge in [0.15, 0.2) is 30.2 Å². The summed E-state index contributed by atoms with van der Waals surface area (Å²) >= 11 is 0. The number of ether oxygens (including phenoxy) is 2. The number of amides is 2. The number of phenolic OH excluding ortho intramolecular Hbond substituents is 2. The molecule has 1 unspecified atom stereocenters. The largest absolute Gasteiger partial charge is 0.504 e. The monoisotopic (exact) mass is 550 g/mol. The number of carbonyl (C=O) groups is 3. The Balaban J connectivity index is 1.70. The highest BCUT2D eigenvalue weighted by molar-refractivity contribution is 6.01. The molecule has 0 fully saturated rings. The third-order valence-electron chi connectivity index (χ3n) is 5.87. The molecule has 3 aromatic rings. The molecule has 13 nitrogen and oxygen atoms in total. The van der Waals surface area contributed by atoms with Crippen molar-refractivity contribution >= 4 is 28.8 Å². The SMILES string of the molecule is COC1=C(NC(=O)C(NC(=O)c2c(C)oc3c(O)c(O)ccc3c2=O)c2ccc(OCC(=O)O)cc2)CNC=[C+]1. The maximum Gasteiger partial charge on any atom is 0.373 e. The molecule has 0 aliphatic carbocycles. The highest BCUT2D eigenvalue weighted by atomic mass is 16.5. The van der Waals surface area contributed by atoms with Gasteiger partial charge < -0.3 is 39.8 Å². The number of methoxy groups -OCH3 is 1. The molecule has 0 saturated carbocycles. The number of aryl methyl sites for hydroxylation is 1. The van der Waals surface area contributed by atoms with Crippen molar-refractivity contribution in [3.05, 3.63) is 87.2 Å². The van der Waals surface area contributed by atoms with E-state index in [0.717, 1.165) is 6.07 Å². The smallest absolute Gasteiger partial charge is 0.373 e. The lowest BCUT2D eigenvalue weighted by molar-refractivity contribution is -0.139. The number of carboxylic acids is 1. The number of carbonyl (C=O) groups excluding carboxylic acids is 2. The average molecular weight is 551 g/mol. The lowest BCUT2D eigenvalue weighted by atomic mass is 10.0. The van der Waals surface area contributed by atoms with Gasteiger partial charge >= 0.3 is 11.7 Å². The summed E-state index contributed by atoms with van der Waals surface area (Å²) in [6.07, 6.45) is 4.32. The molecule has 1 atom stereocenters. The molecular weight excluding hydrogens is 526 g/mol. The van der Waals surface area contributed by atoms with Gasteiger partial charge in [-0.3, -0.25) is 14.4 Å². The lowest BCUT2D eigenvalue weighted by Gasteiger charge is -2.19. The molecule has 0 saturated heterocycles. The van der Waals surface area contributed by atoms with Crippen molar-refractivity contribution in [2.45, 2.75) is 13.0 Å². The van der Waals surface area contributed by atoms with Gasteiger partial charge in [0.1, 0.15) is 29.7 Å². The third kappa shape index (κ3) is 5.64. The van der Waals surface area contributed by atoms with Gasteiger partial charge in [0.05, 0.1) is 12.5 Å². The summed E-state index contributed by atoms with van der Waals surface area (Å²) in [7, 11) is 1.40. The minimum absolute atomic E-state index is 0.155. The fraction of sp³-hybridized carbons (Fsp3) is 0.185. The summed E-state index contributed by atoms with van der Waals surface area (Å²) < 4.78 is 15.8. The standard InChI is InChI=1S/C27H23N3O10/c1-13-21(23(34)16-7-8-18(31)24(35)25(16)40-13)26(36)30-22(14-3-5-15(6-4-14)39-12-20(32)33)27(37)29-17-11-28-10-9-19(17)38-2/h3-8,10,22,28H,11-12H2,1-2H3,(H4-,29,30,31,32,33,34,35,36,37)/p+1. The Labute approximate surface area is 226 Å². The number of aromatic hydroxyl groups is 2. The van der Waals surface area contributed by atoms with Crippen LogP contribution in [0.4, 0.5) is 0 Å². The molecule has 4 rings (SSSR count). The highest BCUT2D eigenvalue weighted by Crippen LogP contribution is 2.33. The van der Waals surface area contributed by atoms with Gasteiger partial charge in [-0.2, -0.15) is 0 Å². The number of benzene rings is 2. The normalized spacial score (nSPS) is 13.2. The number of phenols is 2. The zero-order valence-electron chi connectivity index (χ0n) is 21.2. The molecule has 6 N–H and O–H groups in total. The van der Waals surface area contributed by atoms with E-state index in [0.29, 0.717) is 5.70 Å². The maximum atomic E-state index is 13.5. The van der Waals surface area contributed by atoms with Crippen molar-refractivity contribution in [3.63, 3.8) is 0 Å². The van der Waals surface area contributed by atoms with Crippen molar-refractivity contribution < 1.29 is 43.6 Å². The molecule has 2 aromatic carbocycles. The second kappa shape index (κ2) is 11.5. The first-order valence-corrected chi connectivity index (χ1v) is 11.7. The van der Waals surface area contributed by atoms with Gasteiger partial charge in [-0.25, -0.2) is 10.1 Å². The Bertz CT molecular complexity index is 1610. The van der Waals surface area contributed by atoms with Gasteiger partial charge in [0.25, 0.3) is 11.8 Å². The summed E-state index contributed by atoms with van der Waals surface area (Å²) in [6, 6.07) is 6.69. The van der Waals surface area contributed by atoms with Crippen molar-refractivity contribution in [3.8, 4) is 17.2 Å². The van der Waals surface area contributed by atoms with E-state index in [2.05, 4.69) is 22.0 Å². The zero-order valence-corrected chi connectivity index (χ0v) is 21.2. The molecule has 13 heteroatoms. The number of carboxylic acid groups (broad SMARTS) is 1. The van der Waals surface area contributed by atoms with E-state index in [4.69, 9.17) is 19.0 Å². The minimum Gasteiger partial charge on any atom is -0.504 e. The number of aliphatic carboxylic acids is 1. The van der Waals surface area contributed by atoms with Gasteiger partial charge in [0.2, 0.25) is 16.9 Å². The highest BCUT2D eigenvalue weighted by Gasteiger charge is 2.31. The fourth-order valence-corrected chi connectivity index (χ4v) is 3.95. The Morgan fingerprint density at radius 3 is 2.55 bits per heavy atom. The van der Waals surface area contributed by atoms with Crippen molar-refractivity contribution in [1.29, 1.82) is 0 Å². The Morgan fingerprint density at radius 1 is 1.15 bits per heavy atom. The second-order valence-electron chi connectivity index (χ2n) is 8.50. The predicted octanol–water partition coefficient (Wildman–Crippen LogP) is 1.34. The Morgan fingerprint density at radius 2 is 1.88 bits per heavy atom. The second-order valence-corrected chi connectivity index (χ2v) is 8.50. The molecule has 206 valence electrons. The molecular formula is C27H24N3O10+. The van der Waals surface area contributed by atoms with Gasteiger partial charge in [-0.05, 0) is 36.8 Å². The quantitative estimate of drug-likeness (QED) is 0.166. The third-order valence-corrected chi connectivity index (χ3v) is 5.87. The van der Waals surface area contributed by atoms with E-state index in [1.807, 2.05) is 0 Å². The van der Waals surface area contributed by atoms with Gasteiger partial charge in [-0.15, -0.1) is 0 Å². The van der Waals surface area contributed by atoms with Crippen LogP contribution in [0.15, 0.2) is 63.3 Å². The molecule has 2 heterocycles. The van der Waals surface area contributed by atoms with Crippen molar-refractivity contribution in [2.75, 3.05) is 20.3 Å². The molecule has 0 radical (unpaired) electrons. The first-order chi connectivity index (χ1) is 19.1. The number of allylic oxidation sites excluding steroid dienone is 1. The maximum absolute atomic E-state index is 13.5. The van der Waals surface area contributed by atoms with Crippen molar-refractivity contribution in [1.82, 2.24) is 16.0 Å². The van der Waals surface area contributed by atoms with Crippen LogP contribution in [0.1, 0.15) is 27.7 Å². The number of dihydropyridines is 1. The first-order valence-electron chi connectivity index (χ1n) is 11.7. The van der Waals surface area contributed by atoms with Crippen LogP contribution in [-0.2, 0) is 14.3 Å². The number of hydrogen-bond acceptors (Lipinski definition) is 10. The topological polar surface area (TPSA) is 197 Å². The van der Waals surface area contributed by atoms with E-state index in [1.54, 1.807) is 0 Å². The van der Waals surface area contributed by atoms with Gasteiger partial charge in [-0.1, -0.05) is 12.1 Å². The van der Waals surface area contributed by atoms with Gasteiger partial charge in [0, 0.05) is 0 Å². The van der Waals surface area contributed by atoms with Crippen LogP contribution < -0.4 is 26.1 Å². The molecule has 40 heavy (non-hydrogen) atoms. The summed E-state index contributed by atoms with van der Waals surface area (Å²) in [6.45, 7) is 0.956. The van der Waals surface area contributed by atoms with Crippen LogP contribution in [-0.4, -0.2) is 53.4 Å². The van der Waals surface area contributed by atoms with Crippen LogP contribution in [0.5, 0.6) is 17.2 Å².